The fraction of sp³-hybridized carbons (Fsp3) is 0.600. The molecule has 0 saturated heterocycles. The standard InChI is InChI=1S/C15H25NO2/c1-11(2)14(17)10-16-9-13-7-5-6-8-15(13)18-12(3)4/h5-8,11-12,14,16-17H,9-10H2,1-4H3. The van der Waals surface area contributed by atoms with Gasteiger partial charge in [-0.3, -0.25) is 0 Å². The molecule has 18 heavy (non-hydrogen) atoms. The van der Waals surface area contributed by atoms with Gasteiger partial charge < -0.3 is 15.2 Å². The average Bonchev–Trinajstić information content (AvgIpc) is 2.30. The summed E-state index contributed by atoms with van der Waals surface area (Å²) in [6, 6.07) is 8.01. The highest BCUT2D eigenvalue weighted by atomic mass is 16.5. The van der Waals surface area contributed by atoms with Crippen molar-refractivity contribution >= 4 is 0 Å². The highest BCUT2D eigenvalue weighted by Gasteiger charge is 2.09. The lowest BCUT2D eigenvalue weighted by molar-refractivity contribution is 0.123. The van der Waals surface area contributed by atoms with Gasteiger partial charge in [0.15, 0.2) is 0 Å². The maximum absolute atomic E-state index is 9.73. The summed E-state index contributed by atoms with van der Waals surface area (Å²) >= 11 is 0. The molecule has 1 atom stereocenters. The van der Waals surface area contributed by atoms with Crippen LogP contribution in [0, 0.1) is 5.92 Å². The van der Waals surface area contributed by atoms with Crippen LogP contribution in [0.15, 0.2) is 24.3 Å². The van der Waals surface area contributed by atoms with Gasteiger partial charge in [0.05, 0.1) is 12.2 Å². The van der Waals surface area contributed by atoms with Gasteiger partial charge in [0.2, 0.25) is 0 Å². The number of para-hydroxylation sites is 1. The van der Waals surface area contributed by atoms with Gasteiger partial charge in [0.25, 0.3) is 0 Å². The topological polar surface area (TPSA) is 41.5 Å². The van der Waals surface area contributed by atoms with Crippen LogP contribution in [-0.2, 0) is 6.54 Å². The van der Waals surface area contributed by atoms with Crippen LogP contribution in [0.1, 0.15) is 33.3 Å². The van der Waals surface area contributed by atoms with E-state index in [9.17, 15) is 5.11 Å². The van der Waals surface area contributed by atoms with E-state index in [1.165, 1.54) is 0 Å². The van der Waals surface area contributed by atoms with Gasteiger partial charge in [0, 0.05) is 18.7 Å². The van der Waals surface area contributed by atoms with Crippen LogP contribution >= 0.6 is 0 Å². The molecule has 0 saturated carbocycles. The Kier molecular flexibility index (Phi) is 6.16. The van der Waals surface area contributed by atoms with Gasteiger partial charge in [-0.2, -0.15) is 0 Å². The van der Waals surface area contributed by atoms with Gasteiger partial charge >= 0.3 is 0 Å². The average molecular weight is 251 g/mol. The van der Waals surface area contributed by atoms with Crippen LogP contribution in [0.25, 0.3) is 0 Å². The van der Waals surface area contributed by atoms with Crippen LogP contribution in [0.3, 0.4) is 0 Å². The first-order chi connectivity index (χ1) is 8.50. The van der Waals surface area contributed by atoms with Crippen molar-refractivity contribution < 1.29 is 9.84 Å². The molecule has 3 nitrogen and oxygen atoms in total. The third-order valence-electron chi connectivity index (χ3n) is 2.77. The van der Waals surface area contributed by atoms with Crippen molar-refractivity contribution in [3.63, 3.8) is 0 Å². The second-order valence-corrected chi connectivity index (χ2v) is 5.22. The predicted octanol–water partition coefficient (Wildman–Crippen LogP) is 2.58. The zero-order valence-electron chi connectivity index (χ0n) is 11.8. The fourth-order valence-corrected chi connectivity index (χ4v) is 1.61. The minimum atomic E-state index is -0.303. The number of ether oxygens (including phenoxy) is 1. The van der Waals surface area contributed by atoms with E-state index in [4.69, 9.17) is 4.74 Å². The molecule has 0 aliphatic rings. The third kappa shape index (κ3) is 5.07. The zero-order valence-corrected chi connectivity index (χ0v) is 11.8. The molecule has 1 aromatic rings. The molecule has 2 N–H and O–H groups in total. The first-order valence-electron chi connectivity index (χ1n) is 6.64. The van der Waals surface area contributed by atoms with Crippen LogP contribution in [-0.4, -0.2) is 23.9 Å². The molecule has 3 heteroatoms. The first-order valence-corrected chi connectivity index (χ1v) is 6.64. The smallest absolute Gasteiger partial charge is 0.124 e. The van der Waals surface area contributed by atoms with Crippen molar-refractivity contribution in [3.8, 4) is 5.75 Å². The number of aliphatic hydroxyl groups is 1. The van der Waals surface area contributed by atoms with Gasteiger partial charge in [-0.15, -0.1) is 0 Å². The number of aliphatic hydroxyl groups excluding tert-OH is 1. The van der Waals surface area contributed by atoms with E-state index >= 15 is 0 Å². The Morgan fingerprint density at radius 2 is 1.83 bits per heavy atom. The normalized spacial score (nSPS) is 13.1. The van der Waals surface area contributed by atoms with Crippen LogP contribution in [0.4, 0.5) is 0 Å². The van der Waals surface area contributed by atoms with E-state index in [1.807, 2.05) is 52.0 Å². The van der Waals surface area contributed by atoms with Crippen molar-refractivity contribution in [2.75, 3.05) is 6.54 Å². The summed E-state index contributed by atoms with van der Waals surface area (Å²) in [5.74, 6) is 1.19. The highest BCUT2D eigenvalue weighted by molar-refractivity contribution is 5.33. The summed E-state index contributed by atoms with van der Waals surface area (Å²) in [4.78, 5) is 0. The summed E-state index contributed by atoms with van der Waals surface area (Å²) in [6.07, 6.45) is -0.129. The maximum atomic E-state index is 9.73. The van der Waals surface area contributed by atoms with Gasteiger partial charge in [-0.05, 0) is 25.8 Å². The van der Waals surface area contributed by atoms with Crippen molar-refractivity contribution in [1.82, 2.24) is 5.32 Å². The number of hydrogen-bond acceptors (Lipinski definition) is 3. The quantitative estimate of drug-likeness (QED) is 0.782. The maximum Gasteiger partial charge on any atom is 0.124 e. The second kappa shape index (κ2) is 7.39. The van der Waals surface area contributed by atoms with Gasteiger partial charge in [-0.1, -0.05) is 32.0 Å². The summed E-state index contributed by atoms with van der Waals surface area (Å²) in [5.41, 5.74) is 1.13. The predicted molar refractivity (Wildman–Crippen MR) is 74.8 cm³/mol. The molecule has 0 amide bonds. The minimum absolute atomic E-state index is 0.174. The Morgan fingerprint density at radius 3 is 2.44 bits per heavy atom. The molecule has 0 fully saturated rings. The summed E-state index contributed by atoms with van der Waals surface area (Å²) in [7, 11) is 0. The molecule has 0 bridgehead atoms. The van der Waals surface area contributed by atoms with Crippen LogP contribution in [0.2, 0.25) is 0 Å². The van der Waals surface area contributed by atoms with Crippen molar-refractivity contribution in [1.29, 1.82) is 0 Å². The lowest BCUT2D eigenvalue weighted by atomic mass is 10.1. The molecule has 1 unspecified atom stereocenters. The lowest BCUT2D eigenvalue weighted by Crippen LogP contribution is -2.30. The molecule has 0 aliphatic heterocycles. The van der Waals surface area contributed by atoms with Crippen LogP contribution in [0.5, 0.6) is 5.75 Å². The number of nitrogens with one attached hydrogen (secondary N) is 1. The molecular weight excluding hydrogens is 226 g/mol. The molecule has 0 spiro atoms. The SMILES string of the molecule is CC(C)Oc1ccccc1CNCC(O)C(C)C. The monoisotopic (exact) mass is 251 g/mol. The van der Waals surface area contributed by atoms with E-state index in [0.717, 1.165) is 11.3 Å². The largest absolute Gasteiger partial charge is 0.491 e. The molecule has 0 aliphatic carbocycles. The fourth-order valence-electron chi connectivity index (χ4n) is 1.61. The second-order valence-electron chi connectivity index (χ2n) is 5.22. The Hall–Kier alpha value is -1.06. The minimum Gasteiger partial charge on any atom is -0.491 e. The van der Waals surface area contributed by atoms with E-state index in [1.54, 1.807) is 0 Å². The van der Waals surface area contributed by atoms with Gasteiger partial charge in [0.1, 0.15) is 5.75 Å². The van der Waals surface area contributed by atoms with E-state index in [2.05, 4.69) is 5.32 Å². The Morgan fingerprint density at radius 1 is 1.17 bits per heavy atom. The number of benzene rings is 1. The Balaban J connectivity index is 2.51. The molecule has 102 valence electrons. The molecule has 1 rings (SSSR count). The third-order valence-corrected chi connectivity index (χ3v) is 2.77. The van der Waals surface area contributed by atoms with Gasteiger partial charge in [-0.25, -0.2) is 0 Å². The van der Waals surface area contributed by atoms with E-state index in [-0.39, 0.29) is 18.1 Å². The summed E-state index contributed by atoms with van der Waals surface area (Å²) < 4.78 is 5.75. The molecular formula is C15H25NO2. The number of hydrogen-bond donors (Lipinski definition) is 2. The zero-order chi connectivity index (χ0) is 13.5. The Labute approximate surface area is 110 Å². The number of rotatable bonds is 7. The van der Waals surface area contributed by atoms with Crippen molar-refractivity contribution in [2.24, 2.45) is 5.92 Å². The van der Waals surface area contributed by atoms with Crippen molar-refractivity contribution in [3.05, 3.63) is 29.8 Å². The van der Waals surface area contributed by atoms with Crippen LogP contribution < -0.4 is 10.1 Å². The molecule has 0 radical (unpaired) electrons. The molecule has 0 aromatic heterocycles. The lowest BCUT2D eigenvalue weighted by Gasteiger charge is -2.17. The Bertz CT molecular complexity index is 350. The first kappa shape index (κ1) is 15.0. The van der Waals surface area contributed by atoms with E-state index in [0.29, 0.717) is 13.1 Å². The molecule has 0 heterocycles. The summed E-state index contributed by atoms with van der Waals surface area (Å²) in [5, 5.41) is 13.0. The highest BCUT2D eigenvalue weighted by Crippen LogP contribution is 2.19. The summed E-state index contributed by atoms with van der Waals surface area (Å²) in [6.45, 7) is 9.39. The van der Waals surface area contributed by atoms with E-state index < -0.39 is 0 Å². The molecule has 1 aromatic carbocycles. The van der Waals surface area contributed by atoms with Crippen molar-refractivity contribution in [2.45, 2.75) is 46.4 Å².